The van der Waals surface area contributed by atoms with E-state index in [4.69, 9.17) is 46.4 Å². The van der Waals surface area contributed by atoms with Crippen LogP contribution in [0.5, 0.6) is 0 Å². The van der Waals surface area contributed by atoms with Gasteiger partial charge in [0.15, 0.2) is 0 Å². The first-order valence-electron chi connectivity index (χ1n) is 2.20. The molecule has 0 spiro atoms. The Morgan fingerprint density at radius 3 is 1.55 bits per heavy atom. The van der Waals surface area contributed by atoms with Gasteiger partial charge in [-0.25, -0.2) is 0 Å². The van der Waals surface area contributed by atoms with Gasteiger partial charge in [0.05, 0.1) is 0 Å². The Kier molecular flexibility index (Phi) is 5.22. The van der Waals surface area contributed by atoms with Crippen LogP contribution in [0.15, 0.2) is 0 Å². The summed E-state index contributed by atoms with van der Waals surface area (Å²) in [4.78, 5) is 3.61. The van der Waals surface area contributed by atoms with Crippen molar-refractivity contribution < 1.29 is 18.9 Å². The van der Waals surface area contributed by atoms with Gasteiger partial charge in [-0.15, -0.1) is 52.5 Å². The zero-order chi connectivity index (χ0) is 7.72. The van der Waals surface area contributed by atoms with Crippen molar-refractivity contribution in [2.24, 2.45) is 0 Å². The van der Waals surface area contributed by atoms with E-state index in [0.717, 1.165) is 0 Å². The van der Waals surface area contributed by atoms with Crippen molar-refractivity contribution in [2.75, 3.05) is 0 Å². The van der Waals surface area contributed by atoms with E-state index >= 15 is 0 Å². The van der Waals surface area contributed by atoms with Crippen LogP contribution in [-0.2, 0) is 0 Å². The largest absolute Gasteiger partial charge is 1.00 e. The minimum absolute atomic E-state index is 0. The number of hydrogen-bond acceptors (Lipinski definition) is 1. The molecule has 1 aromatic heterocycles. The first kappa shape index (κ1) is 11.9. The maximum absolute atomic E-state index is 5.49. The van der Waals surface area contributed by atoms with Crippen molar-refractivity contribution >= 4 is 46.4 Å². The number of rotatable bonds is 0. The van der Waals surface area contributed by atoms with Crippen molar-refractivity contribution in [1.82, 2.24) is 4.98 Å². The maximum atomic E-state index is 5.49. The van der Waals surface area contributed by atoms with Crippen LogP contribution in [0.4, 0.5) is 0 Å². The summed E-state index contributed by atoms with van der Waals surface area (Å²) in [6.45, 7) is 0. The standard InChI is InChI=1S/C5Cl4N.Li/c6-2-1-3(7)5(9)10-4(2)8;/q-1;+1. The third-order valence-corrected chi connectivity index (χ3v) is 2.07. The average molecular weight is 223 g/mol. The Hall–Kier alpha value is 0.907. The van der Waals surface area contributed by atoms with Gasteiger partial charge in [0.25, 0.3) is 0 Å². The van der Waals surface area contributed by atoms with Crippen LogP contribution in [0.25, 0.3) is 0 Å². The van der Waals surface area contributed by atoms with Crippen LogP contribution in [0.2, 0.25) is 20.4 Å². The number of halogens is 4. The molecule has 0 saturated heterocycles. The zero-order valence-corrected chi connectivity index (χ0v) is 8.48. The monoisotopic (exact) mass is 221 g/mol. The molecule has 0 bridgehead atoms. The Morgan fingerprint density at radius 1 is 0.909 bits per heavy atom. The second kappa shape index (κ2) is 4.82. The van der Waals surface area contributed by atoms with Crippen molar-refractivity contribution in [1.29, 1.82) is 0 Å². The van der Waals surface area contributed by atoms with Crippen molar-refractivity contribution in [3.05, 3.63) is 26.4 Å². The van der Waals surface area contributed by atoms with Crippen molar-refractivity contribution in [3.63, 3.8) is 0 Å². The third kappa shape index (κ3) is 3.03. The van der Waals surface area contributed by atoms with E-state index in [-0.39, 0.29) is 39.2 Å². The summed E-state index contributed by atoms with van der Waals surface area (Å²) in [5, 5.41) is 0.569. The minimum atomic E-state index is 0. The van der Waals surface area contributed by atoms with Crippen molar-refractivity contribution in [3.8, 4) is 0 Å². The molecule has 1 rings (SSSR count). The van der Waals surface area contributed by atoms with E-state index in [1.54, 1.807) is 0 Å². The quantitative estimate of drug-likeness (QED) is 0.354. The number of aromatic nitrogens is 1. The van der Waals surface area contributed by atoms with Crippen LogP contribution >= 0.6 is 46.4 Å². The van der Waals surface area contributed by atoms with Gasteiger partial charge in [-0.05, 0) is 10.0 Å². The molecule has 6 heteroatoms. The van der Waals surface area contributed by atoms with Crippen LogP contribution in [-0.4, -0.2) is 4.98 Å². The van der Waals surface area contributed by atoms with E-state index in [9.17, 15) is 0 Å². The van der Waals surface area contributed by atoms with Crippen LogP contribution in [0, 0.1) is 6.07 Å². The number of nitrogens with zero attached hydrogens (tertiary/aromatic N) is 1. The van der Waals surface area contributed by atoms with Crippen molar-refractivity contribution in [2.45, 2.75) is 0 Å². The second-order valence-corrected chi connectivity index (χ2v) is 2.92. The van der Waals surface area contributed by atoms with Gasteiger partial charge in [-0.3, -0.25) is 0 Å². The fraction of sp³-hybridized carbons (Fsp3) is 0. The van der Waals surface area contributed by atoms with Gasteiger partial charge in [-0.1, -0.05) is 0 Å². The molecule has 0 radical (unpaired) electrons. The predicted octanol–water partition coefficient (Wildman–Crippen LogP) is 0.499. The fourth-order valence-electron chi connectivity index (χ4n) is 0.384. The smallest absolute Gasteiger partial charge is 0.351 e. The molecule has 0 aliphatic rings. The van der Waals surface area contributed by atoms with Crippen LogP contribution in [0.3, 0.4) is 0 Å². The molecule has 0 unspecified atom stereocenters. The van der Waals surface area contributed by atoms with Gasteiger partial charge in [0, 0.05) is 10.3 Å². The number of pyridine rings is 1. The summed E-state index contributed by atoms with van der Waals surface area (Å²) in [7, 11) is 0. The topological polar surface area (TPSA) is 12.9 Å². The molecule has 1 aromatic rings. The summed E-state index contributed by atoms with van der Waals surface area (Å²) in [5.41, 5.74) is 0. The number of hydrogen-bond donors (Lipinski definition) is 0. The molecule has 0 atom stereocenters. The molecule has 0 fully saturated rings. The fourth-order valence-corrected chi connectivity index (χ4v) is 1.01. The summed E-state index contributed by atoms with van der Waals surface area (Å²) >= 11 is 21.9. The molecule has 1 nitrogen and oxygen atoms in total. The van der Waals surface area contributed by atoms with E-state index in [0.29, 0.717) is 0 Å². The van der Waals surface area contributed by atoms with Gasteiger partial charge >= 0.3 is 18.9 Å². The first-order valence-corrected chi connectivity index (χ1v) is 3.72. The summed E-state index contributed by atoms with van der Waals surface area (Å²) in [5.74, 6) is 0. The maximum Gasteiger partial charge on any atom is 1.00 e. The van der Waals surface area contributed by atoms with E-state index in [1.807, 2.05) is 0 Å². The molecular weight excluding hydrogens is 223 g/mol. The predicted molar refractivity (Wildman–Crippen MR) is 43.1 cm³/mol. The van der Waals surface area contributed by atoms with Crippen LogP contribution < -0.4 is 18.9 Å². The summed E-state index contributed by atoms with van der Waals surface area (Å²) < 4.78 is 0. The molecule has 0 aromatic carbocycles. The third-order valence-electron chi connectivity index (χ3n) is 0.778. The van der Waals surface area contributed by atoms with E-state index < -0.39 is 0 Å². The molecule has 0 saturated carbocycles. The molecular formula is C5Cl4LiN. The molecule has 54 valence electrons. The Balaban J connectivity index is 0.000001000. The normalized spacial score (nSPS) is 9.09. The molecule has 0 N–H and O–H groups in total. The SMILES string of the molecule is Clc1[c-]c(Cl)c(Cl)nc1Cl.[Li+]. The van der Waals surface area contributed by atoms with Gasteiger partial charge in [-0.2, -0.15) is 0 Å². The first-order chi connectivity index (χ1) is 4.61. The van der Waals surface area contributed by atoms with Gasteiger partial charge in [0.2, 0.25) is 0 Å². The van der Waals surface area contributed by atoms with Crippen LogP contribution in [0.1, 0.15) is 0 Å². The van der Waals surface area contributed by atoms with E-state index in [1.165, 1.54) is 0 Å². The average Bonchev–Trinajstić information content (AvgIpc) is 1.84. The Morgan fingerprint density at radius 2 is 1.27 bits per heavy atom. The Bertz CT molecular complexity index is 215. The molecule has 11 heavy (non-hydrogen) atoms. The summed E-state index contributed by atoms with van der Waals surface area (Å²) in [6, 6.07) is 2.51. The van der Waals surface area contributed by atoms with E-state index in [2.05, 4.69) is 11.1 Å². The second-order valence-electron chi connectivity index (χ2n) is 1.45. The molecule has 0 amide bonds. The van der Waals surface area contributed by atoms with Gasteiger partial charge < -0.3 is 4.98 Å². The Labute approximate surface area is 96.2 Å². The molecule has 0 aliphatic carbocycles. The summed E-state index contributed by atoms with van der Waals surface area (Å²) in [6.07, 6.45) is 0. The minimum Gasteiger partial charge on any atom is -0.351 e. The van der Waals surface area contributed by atoms with Gasteiger partial charge in [0.1, 0.15) is 0 Å². The zero-order valence-electron chi connectivity index (χ0n) is 5.46. The molecule has 1 heterocycles. The molecule has 0 aliphatic heterocycles.